The maximum absolute atomic E-state index is 13.1. The van der Waals surface area contributed by atoms with Gasteiger partial charge in [-0.1, -0.05) is 18.2 Å². The number of hydrogen-bond acceptors (Lipinski definition) is 4. The van der Waals surface area contributed by atoms with Crippen molar-refractivity contribution in [3.05, 3.63) is 86.7 Å². The highest BCUT2D eigenvalue weighted by Crippen LogP contribution is 2.18. The largest absolute Gasteiger partial charge is 0.481 e. The molecule has 0 fully saturated rings. The third-order valence-electron chi connectivity index (χ3n) is 4.13. The van der Waals surface area contributed by atoms with Gasteiger partial charge in [0.25, 0.3) is 5.56 Å². The summed E-state index contributed by atoms with van der Waals surface area (Å²) in [5.74, 6) is -1.60. The van der Waals surface area contributed by atoms with E-state index in [2.05, 4.69) is 10.6 Å². The zero-order valence-electron chi connectivity index (χ0n) is 15.2. The first kappa shape index (κ1) is 20.3. The Morgan fingerprint density at radius 3 is 2.55 bits per heavy atom. The van der Waals surface area contributed by atoms with Crippen LogP contribution in [0.2, 0.25) is 0 Å². The maximum atomic E-state index is 13.1. The van der Waals surface area contributed by atoms with Gasteiger partial charge in [-0.15, -0.1) is 11.3 Å². The Bertz CT molecular complexity index is 1050. The summed E-state index contributed by atoms with van der Waals surface area (Å²) < 4.78 is 14.6. The Morgan fingerprint density at radius 2 is 1.90 bits per heavy atom. The number of aliphatic carboxylic acids is 1. The van der Waals surface area contributed by atoms with E-state index in [1.807, 2.05) is 17.5 Å². The summed E-state index contributed by atoms with van der Waals surface area (Å²) in [6, 6.07) is 10.5. The van der Waals surface area contributed by atoms with Crippen LogP contribution in [0.15, 0.2) is 64.9 Å². The number of carboxylic acids is 1. The first-order chi connectivity index (χ1) is 13.9. The van der Waals surface area contributed by atoms with E-state index in [1.165, 1.54) is 46.2 Å². The van der Waals surface area contributed by atoms with Crippen LogP contribution in [0.1, 0.15) is 22.9 Å². The molecule has 150 valence electrons. The van der Waals surface area contributed by atoms with Crippen LogP contribution < -0.4 is 16.2 Å². The highest BCUT2D eigenvalue weighted by molar-refractivity contribution is 7.09. The number of thiophene rings is 1. The van der Waals surface area contributed by atoms with Gasteiger partial charge in [0, 0.05) is 11.1 Å². The topological polar surface area (TPSA) is 100 Å². The molecule has 9 heteroatoms. The zero-order chi connectivity index (χ0) is 20.8. The summed E-state index contributed by atoms with van der Waals surface area (Å²) in [5, 5.41) is 16.0. The van der Waals surface area contributed by atoms with Crippen molar-refractivity contribution in [2.45, 2.75) is 19.0 Å². The van der Waals surface area contributed by atoms with Crippen molar-refractivity contribution in [3.63, 3.8) is 0 Å². The van der Waals surface area contributed by atoms with E-state index in [0.717, 1.165) is 4.88 Å². The van der Waals surface area contributed by atoms with Gasteiger partial charge in [0.15, 0.2) is 0 Å². The number of nitrogens with one attached hydrogen (secondary N) is 2. The van der Waals surface area contributed by atoms with Crippen LogP contribution in [0, 0.1) is 5.82 Å². The molecule has 3 N–H and O–H groups in total. The van der Waals surface area contributed by atoms with Gasteiger partial charge in [-0.3, -0.25) is 9.59 Å². The van der Waals surface area contributed by atoms with Gasteiger partial charge in [-0.05, 0) is 41.3 Å². The number of pyridine rings is 1. The van der Waals surface area contributed by atoms with Gasteiger partial charge >= 0.3 is 12.0 Å². The van der Waals surface area contributed by atoms with E-state index in [-0.39, 0.29) is 11.2 Å². The predicted molar refractivity (Wildman–Crippen MR) is 108 cm³/mol. The minimum absolute atomic E-state index is 0.0646. The normalized spacial score (nSPS) is 11.6. The molecule has 0 aliphatic rings. The Kier molecular flexibility index (Phi) is 6.40. The molecule has 7 nitrogen and oxygen atoms in total. The molecule has 1 aromatic carbocycles. The monoisotopic (exact) mass is 415 g/mol. The van der Waals surface area contributed by atoms with Gasteiger partial charge in [0.2, 0.25) is 0 Å². The van der Waals surface area contributed by atoms with Gasteiger partial charge in [-0.25, -0.2) is 9.18 Å². The molecular weight excluding hydrogens is 397 g/mol. The fourth-order valence-electron chi connectivity index (χ4n) is 2.77. The van der Waals surface area contributed by atoms with E-state index in [9.17, 15) is 18.8 Å². The van der Waals surface area contributed by atoms with Gasteiger partial charge < -0.3 is 20.3 Å². The fourth-order valence-corrected chi connectivity index (χ4v) is 3.47. The summed E-state index contributed by atoms with van der Waals surface area (Å²) in [7, 11) is 0. The Morgan fingerprint density at radius 1 is 1.14 bits per heavy atom. The second kappa shape index (κ2) is 9.16. The molecular formula is C20H18FN3O4S. The quantitative estimate of drug-likeness (QED) is 0.550. The predicted octanol–water partition coefficient (Wildman–Crippen LogP) is 3.43. The minimum atomic E-state index is -1.13. The number of aromatic nitrogens is 1. The SMILES string of the molecule is O=C(O)CC(NC(=O)Nc1cccn(Cc2cccs2)c1=O)c1ccc(F)cc1. The number of benzene rings is 1. The summed E-state index contributed by atoms with van der Waals surface area (Å²) in [6.45, 7) is 0.380. The van der Waals surface area contributed by atoms with Crippen LogP contribution in [0.4, 0.5) is 14.9 Å². The zero-order valence-corrected chi connectivity index (χ0v) is 16.0. The van der Waals surface area contributed by atoms with E-state index < -0.39 is 30.3 Å². The third kappa shape index (κ3) is 5.52. The lowest BCUT2D eigenvalue weighted by molar-refractivity contribution is -0.137. The van der Waals surface area contributed by atoms with Crippen LogP contribution in [-0.4, -0.2) is 21.7 Å². The third-order valence-corrected chi connectivity index (χ3v) is 4.99. The van der Waals surface area contributed by atoms with Crippen molar-refractivity contribution >= 4 is 29.0 Å². The summed E-state index contributed by atoms with van der Waals surface area (Å²) in [4.78, 5) is 37.1. The standard InChI is InChI=1S/C20H18FN3O4S/c21-14-7-5-13(6-8-14)17(11-18(25)26)23-20(28)22-16-4-1-9-24(19(16)27)12-15-3-2-10-29-15/h1-10,17H,11-12H2,(H,25,26)(H2,22,23,28). The van der Waals surface area contributed by atoms with Gasteiger partial charge in [-0.2, -0.15) is 0 Å². The molecule has 0 radical (unpaired) electrons. The second-order valence-electron chi connectivity index (χ2n) is 6.23. The minimum Gasteiger partial charge on any atom is -0.481 e. The Hall–Kier alpha value is -3.46. The van der Waals surface area contributed by atoms with Crippen LogP contribution in [-0.2, 0) is 11.3 Å². The molecule has 2 aromatic heterocycles. The molecule has 0 saturated carbocycles. The van der Waals surface area contributed by atoms with E-state index in [1.54, 1.807) is 12.3 Å². The van der Waals surface area contributed by atoms with Gasteiger partial charge in [0.1, 0.15) is 11.5 Å². The summed E-state index contributed by atoms with van der Waals surface area (Å²) >= 11 is 1.52. The van der Waals surface area contributed by atoms with Crippen molar-refractivity contribution < 1.29 is 19.1 Å². The highest BCUT2D eigenvalue weighted by Gasteiger charge is 2.19. The van der Waals surface area contributed by atoms with E-state index >= 15 is 0 Å². The molecule has 29 heavy (non-hydrogen) atoms. The lowest BCUT2D eigenvalue weighted by Crippen LogP contribution is -2.36. The molecule has 0 aliphatic carbocycles. The molecule has 0 bridgehead atoms. The number of carbonyl (C=O) groups is 2. The summed E-state index contributed by atoms with van der Waals surface area (Å²) in [5.41, 5.74) is 0.120. The number of rotatable bonds is 7. The first-order valence-corrected chi connectivity index (χ1v) is 9.57. The number of amides is 2. The number of urea groups is 1. The smallest absolute Gasteiger partial charge is 0.319 e. The molecule has 1 unspecified atom stereocenters. The maximum Gasteiger partial charge on any atom is 0.319 e. The average Bonchev–Trinajstić information content (AvgIpc) is 3.18. The number of nitrogens with zero attached hydrogens (tertiary/aromatic N) is 1. The number of halogens is 1. The number of carboxylic acid groups (broad SMARTS) is 1. The van der Waals surface area contributed by atoms with Crippen molar-refractivity contribution in [2.24, 2.45) is 0 Å². The lowest BCUT2D eigenvalue weighted by atomic mass is 10.0. The van der Waals surface area contributed by atoms with Crippen LogP contribution >= 0.6 is 11.3 Å². The molecule has 2 amide bonds. The highest BCUT2D eigenvalue weighted by atomic mass is 32.1. The van der Waals surface area contributed by atoms with Crippen LogP contribution in [0.3, 0.4) is 0 Å². The lowest BCUT2D eigenvalue weighted by Gasteiger charge is -2.18. The molecule has 0 spiro atoms. The van der Waals surface area contributed by atoms with Gasteiger partial charge in [0.05, 0.1) is 19.0 Å². The first-order valence-electron chi connectivity index (χ1n) is 8.69. The fraction of sp³-hybridized carbons (Fsp3) is 0.150. The van der Waals surface area contributed by atoms with E-state index in [4.69, 9.17) is 5.11 Å². The van der Waals surface area contributed by atoms with Crippen molar-refractivity contribution in [3.8, 4) is 0 Å². The molecule has 2 heterocycles. The average molecular weight is 415 g/mol. The van der Waals surface area contributed by atoms with Crippen molar-refractivity contribution in [1.82, 2.24) is 9.88 Å². The summed E-state index contributed by atoms with van der Waals surface area (Å²) in [6.07, 6.45) is 1.23. The Balaban J connectivity index is 1.73. The molecule has 3 aromatic rings. The Labute approximate surface area is 169 Å². The molecule has 0 saturated heterocycles. The number of anilines is 1. The molecule has 1 atom stereocenters. The molecule has 0 aliphatic heterocycles. The van der Waals surface area contributed by atoms with E-state index in [0.29, 0.717) is 12.1 Å². The second-order valence-corrected chi connectivity index (χ2v) is 7.27. The van der Waals surface area contributed by atoms with Crippen molar-refractivity contribution in [2.75, 3.05) is 5.32 Å². The number of hydrogen-bond donors (Lipinski definition) is 3. The van der Waals surface area contributed by atoms with Crippen molar-refractivity contribution in [1.29, 1.82) is 0 Å². The van der Waals surface area contributed by atoms with Crippen LogP contribution in [0.5, 0.6) is 0 Å². The number of carbonyl (C=O) groups excluding carboxylic acids is 1. The molecule has 3 rings (SSSR count). The van der Waals surface area contributed by atoms with Crippen LogP contribution in [0.25, 0.3) is 0 Å².